The fourth-order valence-corrected chi connectivity index (χ4v) is 2.26. The molecule has 0 radical (unpaired) electrons. The molecule has 0 unspecified atom stereocenters. The van der Waals surface area contributed by atoms with Gasteiger partial charge in [-0.05, 0) is 46.3 Å². The van der Waals surface area contributed by atoms with E-state index in [4.69, 9.17) is 22.1 Å². The Hall–Kier alpha value is -2.05. The van der Waals surface area contributed by atoms with Gasteiger partial charge in [0.25, 0.3) is 11.8 Å². The van der Waals surface area contributed by atoms with Gasteiger partial charge in [0.2, 0.25) is 0 Å². The number of nitrogens with one attached hydrogen (secondary N) is 1. The summed E-state index contributed by atoms with van der Waals surface area (Å²) in [5, 5.41) is 3.06. The summed E-state index contributed by atoms with van der Waals surface area (Å²) in [7, 11) is 0. The van der Waals surface area contributed by atoms with Crippen molar-refractivity contribution < 1.29 is 14.3 Å². The lowest BCUT2D eigenvalue weighted by Crippen LogP contribution is -2.22. The smallest absolute Gasteiger partial charge is 0.262 e. The Morgan fingerprint density at radius 2 is 1.95 bits per heavy atom. The highest BCUT2D eigenvalue weighted by molar-refractivity contribution is 9.10. The Morgan fingerprint density at radius 3 is 2.64 bits per heavy atom. The molecule has 2 aromatic rings. The van der Waals surface area contributed by atoms with Crippen LogP contribution < -0.4 is 15.8 Å². The molecule has 2 amide bonds. The maximum atomic E-state index is 11.9. The van der Waals surface area contributed by atoms with Crippen molar-refractivity contribution in [3.05, 3.63) is 57.5 Å². The van der Waals surface area contributed by atoms with E-state index in [0.717, 1.165) is 4.47 Å². The van der Waals surface area contributed by atoms with Crippen molar-refractivity contribution in [2.75, 3.05) is 11.9 Å². The topological polar surface area (TPSA) is 81.4 Å². The van der Waals surface area contributed by atoms with Crippen LogP contribution in [0.2, 0.25) is 5.02 Å². The first-order valence-electron chi connectivity index (χ1n) is 6.24. The molecule has 0 atom stereocenters. The number of carbonyl (C=O) groups is 2. The van der Waals surface area contributed by atoms with Crippen LogP contribution in [0.5, 0.6) is 5.75 Å². The largest absolute Gasteiger partial charge is 0.483 e. The minimum Gasteiger partial charge on any atom is -0.483 e. The number of para-hydroxylation sites is 1. The van der Waals surface area contributed by atoms with Gasteiger partial charge < -0.3 is 15.8 Å². The first kappa shape index (κ1) is 16.3. The SMILES string of the molecule is NC(=O)c1ccc(Cl)cc1OCC(=O)Nc1ccccc1Br. The number of halogens is 2. The summed E-state index contributed by atoms with van der Waals surface area (Å²) < 4.78 is 6.09. The van der Waals surface area contributed by atoms with Gasteiger partial charge in [-0.2, -0.15) is 0 Å². The third kappa shape index (κ3) is 4.22. The summed E-state index contributed by atoms with van der Waals surface area (Å²) in [6.45, 7) is -0.276. The molecule has 0 spiro atoms. The normalized spacial score (nSPS) is 10.1. The third-order valence-corrected chi connectivity index (χ3v) is 3.64. The second-order valence-corrected chi connectivity index (χ2v) is 5.61. The van der Waals surface area contributed by atoms with Crippen LogP contribution in [0.15, 0.2) is 46.9 Å². The van der Waals surface area contributed by atoms with Gasteiger partial charge in [0.15, 0.2) is 6.61 Å². The fraction of sp³-hybridized carbons (Fsp3) is 0.0667. The molecule has 3 N–H and O–H groups in total. The van der Waals surface area contributed by atoms with E-state index in [1.54, 1.807) is 18.2 Å². The van der Waals surface area contributed by atoms with Gasteiger partial charge in [0.1, 0.15) is 5.75 Å². The molecule has 5 nitrogen and oxygen atoms in total. The van der Waals surface area contributed by atoms with Crippen LogP contribution in [-0.4, -0.2) is 18.4 Å². The zero-order valence-electron chi connectivity index (χ0n) is 11.3. The second kappa shape index (κ2) is 7.29. The van der Waals surface area contributed by atoms with Crippen molar-refractivity contribution in [2.45, 2.75) is 0 Å². The van der Waals surface area contributed by atoms with Crippen molar-refractivity contribution in [3.8, 4) is 5.75 Å². The maximum Gasteiger partial charge on any atom is 0.262 e. The van der Waals surface area contributed by atoms with E-state index in [1.165, 1.54) is 18.2 Å². The van der Waals surface area contributed by atoms with Crippen LogP contribution in [0.3, 0.4) is 0 Å². The zero-order chi connectivity index (χ0) is 16.1. The predicted molar refractivity (Wildman–Crippen MR) is 88.2 cm³/mol. The average Bonchev–Trinajstić information content (AvgIpc) is 2.47. The number of carbonyl (C=O) groups excluding carboxylic acids is 2. The summed E-state index contributed by atoms with van der Waals surface area (Å²) in [5.41, 5.74) is 6.03. The van der Waals surface area contributed by atoms with Gasteiger partial charge in [0.05, 0.1) is 11.3 Å². The molecule has 0 aliphatic rings. The van der Waals surface area contributed by atoms with Gasteiger partial charge in [-0.1, -0.05) is 23.7 Å². The number of primary amides is 1. The monoisotopic (exact) mass is 382 g/mol. The van der Waals surface area contributed by atoms with Gasteiger partial charge in [-0.25, -0.2) is 0 Å². The molecule has 0 saturated heterocycles. The summed E-state index contributed by atoms with van der Waals surface area (Å²) in [6, 6.07) is 11.6. The molecular weight excluding hydrogens is 372 g/mol. The number of rotatable bonds is 5. The lowest BCUT2D eigenvalue weighted by Gasteiger charge is -2.11. The standard InChI is InChI=1S/C15H12BrClN2O3/c16-11-3-1-2-4-12(11)19-14(20)8-22-13-7-9(17)5-6-10(13)15(18)21/h1-7H,8H2,(H2,18,21)(H,19,20). The zero-order valence-corrected chi connectivity index (χ0v) is 13.6. The molecule has 0 bridgehead atoms. The van der Waals surface area contributed by atoms with Gasteiger partial charge >= 0.3 is 0 Å². The maximum absolute atomic E-state index is 11.9. The quantitative estimate of drug-likeness (QED) is 0.832. The predicted octanol–water partition coefficient (Wildman–Crippen LogP) is 3.22. The molecule has 0 aliphatic heterocycles. The van der Waals surface area contributed by atoms with Crippen LogP contribution in [-0.2, 0) is 4.79 Å². The molecule has 0 saturated carbocycles. The number of benzene rings is 2. The fourth-order valence-electron chi connectivity index (χ4n) is 1.71. The number of ether oxygens (including phenoxy) is 1. The van der Waals surface area contributed by atoms with Crippen LogP contribution >= 0.6 is 27.5 Å². The number of nitrogens with two attached hydrogens (primary N) is 1. The lowest BCUT2D eigenvalue weighted by atomic mass is 10.2. The van der Waals surface area contributed by atoms with E-state index in [2.05, 4.69) is 21.2 Å². The Balaban J connectivity index is 2.04. The third-order valence-electron chi connectivity index (χ3n) is 2.72. The molecule has 2 rings (SSSR count). The number of amides is 2. The Morgan fingerprint density at radius 1 is 1.23 bits per heavy atom. The van der Waals surface area contributed by atoms with E-state index < -0.39 is 5.91 Å². The summed E-state index contributed by atoms with van der Waals surface area (Å²) >= 11 is 9.18. The Labute approximate surface area is 140 Å². The van der Waals surface area contributed by atoms with Crippen LogP contribution in [0.1, 0.15) is 10.4 Å². The minimum atomic E-state index is -0.655. The van der Waals surface area contributed by atoms with Crippen molar-refractivity contribution in [2.24, 2.45) is 5.73 Å². The molecule has 0 aromatic heterocycles. The molecule has 7 heteroatoms. The molecule has 2 aromatic carbocycles. The summed E-state index contributed by atoms with van der Waals surface area (Å²) in [5.74, 6) is -0.859. The average molecular weight is 384 g/mol. The highest BCUT2D eigenvalue weighted by Crippen LogP contribution is 2.24. The van der Waals surface area contributed by atoms with Crippen molar-refractivity contribution in [3.63, 3.8) is 0 Å². The van der Waals surface area contributed by atoms with Gasteiger partial charge in [0, 0.05) is 9.50 Å². The highest BCUT2D eigenvalue weighted by atomic mass is 79.9. The van der Waals surface area contributed by atoms with Crippen molar-refractivity contribution in [1.29, 1.82) is 0 Å². The lowest BCUT2D eigenvalue weighted by molar-refractivity contribution is -0.118. The number of hydrogen-bond acceptors (Lipinski definition) is 3. The molecule has 22 heavy (non-hydrogen) atoms. The van der Waals surface area contributed by atoms with Crippen LogP contribution in [0, 0.1) is 0 Å². The van der Waals surface area contributed by atoms with Gasteiger partial charge in [-0.3, -0.25) is 9.59 Å². The summed E-state index contributed by atoms with van der Waals surface area (Å²) in [6.07, 6.45) is 0. The number of anilines is 1. The molecule has 114 valence electrons. The molecule has 0 fully saturated rings. The highest BCUT2D eigenvalue weighted by Gasteiger charge is 2.12. The van der Waals surface area contributed by atoms with Crippen LogP contribution in [0.25, 0.3) is 0 Å². The van der Waals surface area contributed by atoms with E-state index in [1.807, 2.05) is 6.07 Å². The van der Waals surface area contributed by atoms with E-state index >= 15 is 0 Å². The van der Waals surface area contributed by atoms with Crippen molar-refractivity contribution >= 4 is 45.0 Å². The first-order valence-corrected chi connectivity index (χ1v) is 7.41. The first-order chi connectivity index (χ1) is 10.5. The molecule has 0 heterocycles. The Kier molecular flexibility index (Phi) is 5.41. The summed E-state index contributed by atoms with van der Waals surface area (Å²) in [4.78, 5) is 23.2. The van der Waals surface area contributed by atoms with Crippen molar-refractivity contribution in [1.82, 2.24) is 0 Å². The molecular formula is C15H12BrClN2O3. The number of hydrogen-bond donors (Lipinski definition) is 2. The van der Waals surface area contributed by atoms with Crippen LogP contribution in [0.4, 0.5) is 5.69 Å². The molecule has 0 aliphatic carbocycles. The van der Waals surface area contributed by atoms with Gasteiger partial charge in [-0.15, -0.1) is 0 Å². The second-order valence-electron chi connectivity index (χ2n) is 4.32. The minimum absolute atomic E-state index is 0.165. The van der Waals surface area contributed by atoms with E-state index in [9.17, 15) is 9.59 Å². The van der Waals surface area contributed by atoms with E-state index in [-0.39, 0.29) is 23.8 Å². The Bertz CT molecular complexity index is 722. The van der Waals surface area contributed by atoms with E-state index in [0.29, 0.717) is 10.7 Å².